The Morgan fingerprint density at radius 2 is 1.79 bits per heavy atom. The van der Waals surface area contributed by atoms with Crippen LogP contribution in [-0.2, 0) is 21.5 Å². The summed E-state index contributed by atoms with van der Waals surface area (Å²) in [7, 11) is 0. The van der Waals surface area contributed by atoms with Gasteiger partial charge in [0.1, 0.15) is 11.8 Å². The third-order valence-corrected chi connectivity index (χ3v) is 6.43. The summed E-state index contributed by atoms with van der Waals surface area (Å²) >= 11 is 6.14. The normalized spacial score (nSPS) is 15.2. The zero-order valence-electron chi connectivity index (χ0n) is 20.1. The van der Waals surface area contributed by atoms with Crippen molar-refractivity contribution in [3.8, 4) is 5.75 Å². The molecule has 1 aliphatic carbocycles. The number of amides is 2. The Hall–Kier alpha value is -2.53. The number of nitrogens with one attached hydrogen (secondary N) is 1. The molecule has 0 aromatic heterocycles. The molecule has 0 radical (unpaired) electrons. The molecule has 1 N–H and O–H groups in total. The molecule has 0 aliphatic heterocycles. The number of carbonyl (C=O) groups excluding carboxylic acids is 2. The van der Waals surface area contributed by atoms with Crippen molar-refractivity contribution in [2.75, 3.05) is 6.61 Å². The van der Waals surface area contributed by atoms with Crippen LogP contribution in [0.4, 0.5) is 0 Å². The van der Waals surface area contributed by atoms with Gasteiger partial charge in [0.2, 0.25) is 5.91 Å². The van der Waals surface area contributed by atoms with Gasteiger partial charge in [0, 0.05) is 17.6 Å². The van der Waals surface area contributed by atoms with Crippen LogP contribution in [0.25, 0.3) is 0 Å². The zero-order valence-corrected chi connectivity index (χ0v) is 20.8. The molecule has 2 aromatic carbocycles. The first-order valence-electron chi connectivity index (χ1n) is 11.7. The van der Waals surface area contributed by atoms with Gasteiger partial charge < -0.3 is 15.0 Å². The number of hydrogen-bond donors (Lipinski definition) is 1. The molecule has 2 amide bonds. The van der Waals surface area contributed by atoms with Gasteiger partial charge in [0.05, 0.1) is 0 Å². The second-order valence-electron chi connectivity index (χ2n) is 9.88. The van der Waals surface area contributed by atoms with Crippen LogP contribution in [0.5, 0.6) is 5.75 Å². The maximum absolute atomic E-state index is 13.2. The number of rotatable bonds is 8. The fourth-order valence-electron chi connectivity index (χ4n) is 4.09. The van der Waals surface area contributed by atoms with E-state index in [1.165, 1.54) is 5.56 Å². The predicted molar refractivity (Wildman–Crippen MR) is 132 cm³/mol. The fraction of sp³-hybridized carbons (Fsp3) is 0.481. The molecule has 0 bridgehead atoms. The van der Waals surface area contributed by atoms with Crippen LogP contribution in [0.3, 0.4) is 0 Å². The van der Waals surface area contributed by atoms with E-state index in [-0.39, 0.29) is 36.4 Å². The average Bonchev–Trinajstić information content (AvgIpc) is 3.28. The lowest BCUT2D eigenvalue weighted by Crippen LogP contribution is -2.50. The Morgan fingerprint density at radius 1 is 1.12 bits per heavy atom. The van der Waals surface area contributed by atoms with E-state index in [1.807, 2.05) is 42.5 Å². The SMILES string of the molecule is C[C@H](C(=O)NC1CCCC1)N(Cc1cccc(Cl)c1)C(=O)COc1ccc(C(C)(C)C)cc1. The summed E-state index contributed by atoms with van der Waals surface area (Å²) in [5.74, 6) is 0.248. The van der Waals surface area contributed by atoms with Crippen molar-refractivity contribution in [3.63, 3.8) is 0 Å². The highest BCUT2D eigenvalue weighted by molar-refractivity contribution is 6.30. The van der Waals surface area contributed by atoms with E-state index in [1.54, 1.807) is 17.9 Å². The summed E-state index contributed by atoms with van der Waals surface area (Å²) in [4.78, 5) is 27.7. The van der Waals surface area contributed by atoms with Gasteiger partial charge in [-0.25, -0.2) is 0 Å². The standard InChI is InChI=1S/C27H35ClN2O3/c1-19(26(32)29-23-10-5-6-11-23)30(17-20-8-7-9-22(28)16-20)25(31)18-33-24-14-12-21(13-15-24)27(2,3)4/h7-9,12-16,19,23H,5-6,10-11,17-18H2,1-4H3,(H,29,32)/t19-/m1/s1. The van der Waals surface area contributed by atoms with Gasteiger partial charge in [0.25, 0.3) is 5.91 Å². The Kier molecular flexibility index (Phi) is 8.41. The molecule has 6 heteroatoms. The van der Waals surface area contributed by atoms with Crippen molar-refractivity contribution in [3.05, 3.63) is 64.7 Å². The summed E-state index contributed by atoms with van der Waals surface area (Å²) < 4.78 is 5.79. The van der Waals surface area contributed by atoms with Crippen molar-refractivity contribution < 1.29 is 14.3 Å². The molecule has 2 aromatic rings. The Labute approximate surface area is 202 Å². The third-order valence-electron chi connectivity index (χ3n) is 6.19. The first kappa shape index (κ1) is 25.1. The molecule has 0 saturated heterocycles. The van der Waals surface area contributed by atoms with Crippen molar-refractivity contribution in [2.24, 2.45) is 0 Å². The molecular formula is C27H35ClN2O3. The van der Waals surface area contributed by atoms with Crippen molar-refractivity contribution >= 4 is 23.4 Å². The highest BCUT2D eigenvalue weighted by atomic mass is 35.5. The lowest BCUT2D eigenvalue weighted by atomic mass is 9.87. The molecule has 1 atom stereocenters. The quantitative estimate of drug-likeness (QED) is 0.554. The van der Waals surface area contributed by atoms with Gasteiger partial charge in [-0.15, -0.1) is 0 Å². The van der Waals surface area contributed by atoms with E-state index in [9.17, 15) is 9.59 Å². The first-order chi connectivity index (χ1) is 15.6. The maximum Gasteiger partial charge on any atom is 0.261 e. The van der Waals surface area contributed by atoms with Gasteiger partial charge in [-0.1, -0.05) is 69.5 Å². The molecule has 3 rings (SSSR count). The Balaban J connectivity index is 1.70. The van der Waals surface area contributed by atoms with Gasteiger partial charge in [-0.2, -0.15) is 0 Å². The van der Waals surface area contributed by atoms with Crippen molar-refractivity contribution in [2.45, 2.75) is 77.4 Å². The van der Waals surface area contributed by atoms with Crippen molar-refractivity contribution in [1.82, 2.24) is 10.2 Å². The summed E-state index contributed by atoms with van der Waals surface area (Å²) in [6.07, 6.45) is 4.25. The van der Waals surface area contributed by atoms with Gasteiger partial charge in [0.15, 0.2) is 6.61 Å². The number of benzene rings is 2. The zero-order chi connectivity index (χ0) is 24.0. The molecule has 0 heterocycles. The number of halogens is 1. The molecule has 5 nitrogen and oxygen atoms in total. The number of nitrogens with zero attached hydrogens (tertiary/aromatic N) is 1. The lowest BCUT2D eigenvalue weighted by Gasteiger charge is -2.29. The Bertz CT molecular complexity index is 947. The molecule has 33 heavy (non-hydrogen) atoms. The lowest BCUT2D eigenvalue weighted by molar-refractivity contribution is -0.142. The fourth-order valence-corrected chi connectivity index (χ4v) is 4.30. The minimum absolute atomic E-state index is 0.0459. The molecule has 1 aliphatic rings. The van der Waals surface area contributed by atoms with Gasteiger partial charge >= 0.3 is 0 Å². The number of hydrogen-bond acceptors (Lipinski definition) is 3. The van der Waals surface area contributed by atoms with Gasteiger partial charge in [-0.3, -0.25) is 9.59 Å². The van der Waals surface area contributed by atoms with E-state index in [2.05, 4.69) is 26.1 Å². The second kappa shape index (κ2) is 11.1. The summed E-state index contributed by atoms with van der Waals surface area (Å²) in [5, 5.41) is 3.70. The summed E-state index contributed by atoms with van der Waals surface area (Å²) in [6, 6.07) is 14.7. The number of carbonyl (C=O) groups is 2. The first-order valence-corrected chi connectivity index (χ1v) is 12.1. The van der Waals surface area contributed by atoms with E-state index in [0.29, 0.717) is 10.8 Å². The van der Waals surface area contributed by atoms with E-state index in [4.69, 9.17) is 16.3 Å². The molecule has 0 unspecified atom stereocenters. The van der Waals surface area contributed by atoms with Crippen LogP contribution in [0.1, 0.15) is 64.5 Å². The third kappa shape index (κ3) is 7.23. The van der Waals surface area contributed by atoms with Crippen LogP contribution in [-0.4, -0.2) is 35.4 Å². The van der Waals surface area contributed by atoms with E-state index < -0.39 is 6.04 Å². The highest BCUT2D eigenvalue weighted by Gasteiger charge is 2.28. The molecule has 1 saturated carbocycles. The summed E-state index contributed by atoms with van der Waals surface area (Å²) in [5.41, 5.74) is 2.11. The topological polar surface area (TPSA) is 58.6 Å². The van der Waals surface area contributed by atoms with Gasteiger partial charge in [-0.05, 0) is 60.6 Å². The predicted octanol–water partition coefficient (Wildman–Crippen LogP) is 5.49. The average molecular weight is 471 g/mol. The summed E-state index contributed by atoms with van der Waals surface area (Å²) in [6.45, 7) is 8.36. The van der Waals surface area contributed by atoms with Crippen LogP contribution >= 0.6 is 11.6 Å². The van der Waals surface area contributed by atoms with E-state index in [0.717, 1.165) is 31.2 Å². The molecule has 1 fully saturated rings. The second-order valence-corrected chi connectivity index (χ2v) is 10.3. The maximum atomic E-state index is 13.2. The Morgan fingerprint density at radius 3 is 2.39 bits per heavy atom. The van der Waals surface area contributed by atoms with Crippen LogP contribution in [0, 0.1) is 0 Å². The monoisotopic (exact) mass is 470 g/mol. The molecule has 0 spiro atoms. The number of ether oxygens (including phenoxy) is 1. The van der Waals surface area contributed by atoms with Crippen molar-refractivity contribution in [1.29, 1.82) is 0 Å². The van der Waals surface area contributed by atoms with Crippen LogP contribution in [0.15, 0.2) is 48.5 Å². The minimum atomic E-state index is -0.621. The van der Waals surface area contributed by atoms with E-state index >= 15 is 0 Å². The van der Waals surface area contributed by atoms with Crippen LogP contribution in [0.2, 0.25) is 5.02 Å². The minimum Gasteiger partial charge on any atom is -0.484 e. The van der Waals surface area contributed by atoms with Crippen LogP contribution < -0.4 is 10.1 Å². The highest BCUT2D eigenvalue weighted by Crippen LogP contribution is 2.24. The largest absolute Gasteiger partial charge is 0.484 e. The molecule has 178 valence electrons. The molecular weight excluding hydrogens is 436 g/mol. The smallest absolute Gasteiger partial charge is 0.261 e.